The van der Waals surface area contributed by atoms with Crippen LogP contribution in [0.15, 0.2) is 0 Å². The van der Waals surface area contributed by atoms with Crippen molar-refractivity contribution in [3.8, 4) is 0 Å². The maximum absolute atomic E-state index is 3.41. The summed E-state index contributed by atoms with van der Waals surface area (Å²) in [5.41, 5.74) is 0. The van der Waals surface area contributed by atoms with E-state index >= 15 is 0 Å². The van der Waals surface area contributed by atoms with Gasteiger partial charge >= 0.3 is 0 Å². The van der Waals surface area contributed by atoms with Gasteiger partial charge in [0.2, 0.25) is 0 Å². The van der Waals surface area contributed by atoms with Gasteiger partial charge in [0.05, 0.1) is 0 Å². The van der Waals surface area contributed by atoms with Crippen LogP contribution in [0, 0.1) is 0 Å². The van der Waals surface area contributed by atoms with Crippen molar-refractivity contribution in [1.82, 2.24) is 10.2 Å². The minimum absolute atomic E-state index is 0.648. The van der Waals surface area contributed by atoms with Gasteiger partial charge in [-0.15, -0.1) is 0 Å². The molecule has 1 unspecified atom stereocenters. The number of hydrogen-bond donors (Lipinski definition) is 1. The second-order valence-corrected chi connectivity index (χ2v) is 6.02. The lowest BCUT2D eigenvalue weighted by atomic mass is 10.1. The number of thioether (sulfide) groups is 1. The highest BCUT2D eigenvalue weighted by atomic mass is 32.2. The molecule has 0 aromatic rings. The van der Waals surface area contributed by atoms with Crippen LogP contribution in [-0.4, -0.2) is 48.6 Å². The van der Waals surface area contributed by atoms with E-state index in [1.807, 2.05) is 0 Å². The highest BCUT2D eigenvalue weighted by Crippen LogP contribution is 2.47. The zero-order chi connectivity index (χ0) is 10.0. The van der Waals surface area contributed by atoms with Crippen LogP contribution in [0.3, 0.4) is 0 Å². The summed E-state index contributed by atoms with van der Waals surface area (Å²) in [6.07, 6.45) is 7.88. The molecule has 0 bridgehead atoms. The minimum atomic E-state index is 0.648. The van der Waals surface area contributed by atoms with Crippen LogP contribution in [0.1, 0.15) is 25.7 Å². The maximum atomic E-state index is 3.41. The van der Waals surface area contributed by atoms with Gasteiger partial charge < -0.3 is 10.2 Å². The van der Waals surface area contributed by atoms with Gasteiger partial charge in [-0.3, -0.25) is 0 Å². The van der Waals surface area contributed by atoms with Crippen molar-refractivity contribution in [1.29, 1.82) is 0 Å². The van der Waals surface area contributed by atoms with Crippen molar-refractivity contribution < 1.29 is 0 Å². The molecule has 0 aromatic carbocycles. The predicted molar refractivity (Wildman–Crippen MR) is 64.0 cm³/mol. The molecule has 1 N–H and O–H groups in total. The van der Waals surface area contributed by atoms with Gasteiger partial charge in [-0.1, -0.05) is 0 Å². The molecular weight excluding hydrogens is 192 g/mol. The smallest absolute Gasteiger partial charge is 0.0285 e. The van der Waals surface area contributed by atoms with E-state index in [9.17, 15) is 0 Å². The molecule has 1 saturated heterocycles. The summed E-state index contributed by atoms with van der Waals surface area (Å²) >= 11 is 2.08. The van der Waals surface area contributed by atoms with Crippen LogP contribution in [0.2, 0.25) is 0 Å². The molecule has 1 saturated carbocycles. The number of hydrogen-bond acceptors (Lipinski definition) is 3. The fourth-order valence-corrected chi connectivity index (χ4v) is 3.23. The van der Waals surface area contributed by atoms with Crippen molar-refractivity contribution in [3.05, 3.63) is 0 Å². The molecule has 2 rings (SSSR count). The van der Waals surface area contributed by atoms with Crippen molar-refractivity contribution >= 4 is 11.8 Å². The van der Waals surface area contributed by atoms with E-state index < -0.39 is 0 Å². The molecule has 14 heavy (non-hydrogen) atoms. The molecule has 1 aliphatic heterocycles. The largest absolute Gasteiger partial charge is 0.316 e. The first-order chi connectivity index (χ1) is 6.78. The molecule has 0 amide bonds. The molecule has 2 aliphatic rings. The second kappa shape index (κ2) is 4.42. The van der Waals surface area contributed by atoms with E-state index in [0.29, 0.717) is 4.75 Å². The molecule has 0 spiro atoms. The van der Waals surface area contributed by atoms with E-state index in [0.717, 1.165) is 6.04 Å². The number of rotatable bonds is 4. The quantitative estimate of drug-likeness (QED) is 0.765. The second-order valence-electron chi connectivity index (χ2n) is 4.75. The molecule has 0 radical (unpaired) electrons. The number of likely N-dealkylation sites (tertiary alicyclic amines) is 1. The molecule has 1 atom stereocenters. The number of nitrogens with one attached hydrogen (secondary N) is 1. The Hall–Kier alpha value is 0.270. The van der Waals surface area contributed by atoms with Gasteiger partial charge in [0.1, 0.15) is 0 Å². The Morgan fingerprint density at radius 1 is 1.50 bits per heavy atom. The maximum Gasteiger partial charge on any atom is 0.0285 e. The third kappa shape index (κ3) is 2.44. The first kappa shape index (κ1) is 10.8. The molecule has 1 aliphatic carbocycles. The molecule has 2 fully saturated rings. The van der Waals surface area contributed by atoms with E-state index in [-0.39, 0.29) is 0 Å². The fraction of sp³-hybridized carbons (Fsp3) is 1.00. The lowest BCUT2D eigenvalue weighted by Crippen LogP contribution is -2.46. The van der Waals surface area contributed by atoms with E-state index in [4.69, 9.17) is 0 Å². The Morgan fingerprint density at radius 3 is 2.86 bits per heavy atom. The van der Waals surface area contributed by atoms with Gasteiger partial charge in [0, 0.05) is 23.9 Å². The highest BCUT2D eigenvalue weighted by molar-refractivity contribution is 8.00. The summed E-state index contributed by atoms with van der Waals surface area (Å²) in [7, 11) is 2.09. The lowest BCUT2D eigenvalue weighted by molar-refractivity contribution is 0.193. The van der Waals surface area contributed by atoms with Crippen LogP contribution >= 0.6 is 11.8 Å². The molecule has 2 nitrogen and oxygen atoms in total. The van der Waals surface area contributed by atoms with E-state index in [1.165, 1.54) is 45.3 Å². The van der Waals surface area contributed by atoms with Crippen LogP contribution in [0.5, 0.6) is 0 Å². The van der Waals surface area contributed by atoms with Gasteiger partial charge in [-0.2, -0.15) is 11.8 Å². The normalized spacial score (nSPS) is 31.7. The van der Waals surface area contributed by atoms with Gasteiger partial charge in [-0.25, -0.2) is 0 Å². The Bertz CT molecular complexity index is 192. The molecule has 3 heteroatoms. The van der Waals surface area contributed by atoms with E-state index in [1.54, 1.807) is 0 Å². The van der Waals surface area contributed by atoms with Gasteiger partial charge in [0.25, 0.3) is 0 Å². The summed E-state index contributed by atoms with van der Waals surface area (Å²) in [5.74, 6) is 0. The predicted octanol–water partition coefficient (Wildman–Crippen LogP) is 1.57. The average molecular weight is 214 g/mol. The summed E-state index contributed by atoms with van der Waals surface area (Å²) in [6.45, 7) is 3.91. The first-order valence-corrected chi connectivity index (χ1v) is 6.95. The minimum Gasteiger partial charge on any atom is -0.316 e. The third-order valence-electron chi connectivity index (χ3n) is 3.67. The number of piperidine rings is 1. The highest BCUT2D eigenvalue weighted by Gasteiger charge is 2.43. The SMILES string of the molecule is CNC1CCCN(CC2(SC)CC2)C1. The van der Waals surface area contributed by atoms with Crippen LogP contribution < -0.4 is 5.32 Å². The van der Waals surface area contributed by atoms with Crippen LogP contribution in [0.25, 0.3) is 0 Å². The number of likely N-dealkylation sites (N-methyl/N-ethyl adjacent to an activating group) is 1. The first-order valence-electron chi connectivity index (χ1n) is 5.73. The third-order valence-corrected chi connectivity index (χ3v) is 5.07. The summed E-state index contributed by atoms with van der Waals surface area (Å²) < 4.78 is 0.648. The molecule has 0 aromatic heterocycles. The van der Waals surface area contributed by atoms with Crippen LogP contribution in [-0.2, 0) is 0 Å². The Kier molecular flexibility index (Phi) is 3.40. The molecule has 82 valence electrons. The van der Waals surface area contributed by atoms with Crippen LogP contribution in [0.4, 0.5) is 0 Å². The van der Waals surface area contributed by atoms with Crippen molar-refractivity contribution in [3.63, 3.8) is 0 Å². The average Bonchev–Trinajstić information content (AvgIpc) is 2.99. The van der Waals surface area contributed by atoms with Crippen molar-refractivity contribution in [2.45, 2.75) is 36.5 Å². The Morgan fingerprint density at radius 2 is 2.29 bits per heavy atom. The Balaban J connectivity index is 1.80. The fourth-order valence-electron chi connectivity index (χ4n) is 2.41. The topological polar surface area (TPSA) is 15.3 Å². The summed E-state index contributed by atoms with van der Waals surface area (Å²) in [4.78, 5) is 2.66. The zero-order valence-corrected chi connectivity index (χ0v) is 10.2. The summed E-state index contributed by atoms with van der Waals surface area (Å²) in [5, 5.41) is 3.41. The zero-order valence-electron chi connectivity index (χ0n) is 9.38. The lowest BCUT2D eigenvalue weighted by Gasteiger charge is -2.34. The Labute approximate surface area is 91.8 Å². The molecule has 1 heterocycles. The van der Waals surface area contributed by atoms with Crippen molar-refractivity contribution in [2.75, 3.05) is 32.9 Å². The summed E-state index contributed by atoms with van der Waals surface area (Å²) in [6, 6.07) is 0.737. The van der Waals surface area contributed by atoms with Crippen molar-refractivity contribution in [2.24, 2.45) is 0 Å². The van der Waals surface area contributed by atoms with Gasteiger partial charge in [0.15, 0.2) is 0 Å². The van der Waals surface area contributed by atoms with Gasteiger partial charge in [-0.05, 0) is 45.5 Å². The standard InChI is InChI=1S/C11H22N2S/c1-12-10-4-3-7-13(8-10)9-11(14-2)5-6-11/h10,12H,3-9H2,1-2H3. The van der Waals surface area contributed by atoms with E-state index in [2.05, 4.69) is 35.3 Å². The monoisotopic (exact) mass is 214 g/mol. The number of nitrogens with zero attached hydrogens (tertiary/aromatic N) is 1. The molecular formula is C11H22N2S.